The van der Waals surface area contributed by atoms with Crippen LogP contribution in [0.15, 0.2) is 41.3 Å². The monoisotopic (exact) mass is 471 g/mol. The topological polar surface area (TPSA) is 73.1 Å². The molecule has 3 aromatic rings. The van der Waals surface area contributed by atoms with Crippen molar-refractivity contribution >= 4 is 33.1 Å². The van der Waals surface area contributed by atoms with Crippen LogP contribution in [0, 0.1) is 5.92 Å². The maximum absolute atomic E-state index is 12.2. The van der Waals surface area contributed by atoms with Gasteiger partial charge in [0.15, 0.2) is 0 Å². The Labute approximate surface area is 184 Å². The van der Waals surface area contributed by atoms with Gasteiger partial charge in [0.25, 0.3) is 0 Å². The van der Waals surface area contributed by atoms with E-state index in [9.17, 15) is 4.79 Å². The maximum Gasteiger partial charge on any atom is 0.410 e. The molecule has 1 aliphatic heterocycles. The number of piperidine rings is 1. The van der Waals surface area contributed by atoms with Crippen LogP contribution in [0.25, 0.3) is 22.3 Å². The van der Waals surface area contributed by atoms with E-state index in [4.69, 9.17) is 9.72 Å². The van der Waals surface area contributed by atoms with Crippen molar-refractivity contribution in [2.24, 2.45) is 5.92 Å². The van der Waals surface area contributed by atoms with Crippen LogP contribution in [0.4, 0.5) is 4.79 Å². The second-order valence-corrected chi connectivity index (χ2v) is 9.67. The number of amides is 1. The van der Waals surface area contributed by atoms with Gasteiger partial charge in [0.1, 0.15) is 5.60 Å². The van der Waals surface area contributed by atoms with Crippen LogP contribution in [0.2, 0.25) is 0 Å². The molecule has 0 spiro atoms. The number of rotatable bonds is 3. The van der Waals surface area contributed by atoms with Crippen LogP contribution in [-0.4, -0.2) is 49.4 Å². The molecule has 1 aromatic carbocycles. The molecular formula is C22H26BrN5O2. The van der Waals surface area contributed by atoms with Gasteiger partial charge >= 0.3 is 6.09 Å². The maximum atomic E-state index is 12.2. The highest BCUT2D eigenvalue weighted by molar-refractivity contribution is 9.10. The van der Waals surface area contributed by atoms with Gasteiger partial charge < -0.3 is 9.64 Å². The first-order valence-electron chi connectivity index (χ1n) is 10.2. The molecule has 1 aliphatic rings. The van der Waals surface area contributed by atoms with Crippen LogP contribution in [-0.2, 0) is 11.3 Å². The van der Waals surface area contributed by atoms with Crippen molar-refractivity contribution in [3.63, 3.8) is 0 Å². The number of ether oxygens (including phenoxy) is 1. The molecule has 2 aromatic heterocycles. The van der Waals surface area contributed by atoms with Gasteiger partial charge in [-0.1, -0.05) is 15.9 Å². The molecule has 0 unspecified atom stereocenters. The second kappa shape index (κ2) is 8.34. The molecule has 158 valence electrons. The first-order chi connectivity index (χ1) is 14.3. The Morgan fingerprint density at radius 1 is 1.20 bits per heavy atom. The van der Waals surface area contributed by atoms with Crippen LogP contribution in [0.1, 0.15) is 33.6 Å². The van der Waals surface area contributed by atoms with E-state index in [-0.39, 0.29) is 6.09 Å². The average molecular weight is 472 g/mol. The third kappa shape index (κ3) is 4.98. The summed E-state index contributed by atoms with van der Waals surface area (Å²) in [6, 6.07) is 5.88. The van der Waals surface area contributed by atoms with E-state index >= 15 is 0 Å². The number of hydrogen-bond donors (Lipinski definition) is 0. The summed E-state index contributed by atoms with van der Waals surface area (Å²) in [5.41, 5.74) is 3.03. The lowest BCUT2D eigenvalue weighted by Crippen LogP contribution is -2.42. The van der Waals surface area contributed by atoms with Crippen LogP contribution in [0.5, 0.6) is 0 Å². The molecule has 7 nitrogen and oxygen atoms in total. The summed E-state index contributed by atoms with van der Waals surface area (Å²) in [6.45, 7) is 7.95. The normalized spacial score (nSPS) is 15.5. The molecule has 0 saturated carbocycles. The quantitative estimate of drug-likeness (QED) is 0.542. The molecule has 1 amide bonds. The zero-order valence-corrected chi connectivity index (χ0v) is 19.1. The van der Waals surface area contributed by atoms with E-state index in [0.717, 1.165) is 59.2 Å². The van der Waals surface area contributed by atoms with Gasteiger partial charge in [-0.3, -0.25) is 9.67 Å². The SMILES string of the molecule is CC(C)(C)OC(=O)N1CCC(Cn2cc(-c3cnc4ccc(Br)cc4n3)cn2)CC1. The standard InChI is InChI=1S/C22H26BrN5O2/c1-22(2,3)30-21(29)27-8-6-15(7-9-27)13-28-14-16(11-25-28)20-12-24-18-5-4-17(23)10-19(18)26-20/h4-5,10-12,14-15H,6-9,13H2,1-3H3. The zero-order chi connectivity index (χ0) is 21.3. The summed E-state index contributed by atoms with van der Waals surface area (Å²) < 4.78 is 8.42. The predicted molar refractivity (Wildman–Crippen MR) is 119 cm³/mol. The first kappa shape index (κ1) is 20.8. The minimum absolute atomic E-state index is 0.219. The lowest BCUT2D eigenvalue weighted by atomic mass is 9.97. The second-order valence-electron chi connectivity index (χ2n) is 8.75. The fourth-order valence-electron chi connectivity index (χ4n) is 3.61. The summed E-state index contributed by atoms with van der Waals surface area (Å²) in [6.07, 6.45) is 7.31. The molecule has 0 bridgehead atoms. The Morgan fingerprint density at radius 3 is 2.70 bits per heavy atom. The summed E-state index contributed by atoms with van der Waals surface area (Å²) in [5.74, 6) is 0.482. The van der Waals surface area contributed by atoms with E-state index in [2.05, 4.69) is 26.0 Å². The lowest BCUT2D eigenvalue weighted by Gasteiger charge is -2.33. The Bertz CT molecular complexity index is 1050. The first-order valence-corrected chi connectivity index (χ1v) is 11.0. The Morgan fingerprint density at radius 2 is 1.97 bits per heavy atom. The van der Waals surface area contributed by atoms with Gasteiger partial charge in [-0.2, -0.15) is 5.10 Å². The van der Waals surface area contributed by atoms with Gasteiger partial charge in [-0.15, -0.1) is 0 Å². The van der Waals surface area contributed by atoms with E-state index in [1.807, 2.05) is 56.0 Å². The van der Waals surface area contributed by atoms with Crippen LogP contribution >= 0.6 is 15.9 Å². The van der Waals surface area contributed by atoms with Crippen molar-refractivity contribution < 1.29 is 9.53 Å². The number of carbonyl (C=O) groups excluding carboxylic acids is 1. The molecule has 1 fully saturated rings. The third-order valence-corrected chi connectivity index (χ3v) is 5.64. The Hall–Kier alpha value is -2.48. The number of nitrogens with zero attached hydrogens (tertiary/aromatic N) is 5. The average Bonchev–Trinajstić information content (AvgIpc) is 3.15. The zero-order valence-electron chi connectivity index (χ0n) is 17.5. The van der Waals surface area contributed by atoms with Gasteiger partial charge in [0.2, 0.25) is 0 Å². The Kier molecular flexibility index (Phi) is 5.77. The Balaban J connectivity index is 1.37. The number of carbonyl (C=O) groups is 1. The molecular weight excluding hydrogens is 446 g/mol. The molecule has 0 radical (unpaired) electrons. The molecule has 3 heterocycles. The van der Waals surface area contributed by atoms with Gasteiger partial charge in [-0.05, 0) is 57.7 Å². The van der Waals surface area contributed by atoms with Crippen molar-refractivity contribution in [3.05, 3.63) is 41.3 Å². The molecule has 8 heteroatoms. The van der Waals surface area contributed by atoms with E-state index < -0.39 is 5.60 Å². The smallest absolute Gasteiger partial charge is 0.410 e. The van der Waals surface area contributed by atoms with Gasteiger partial charge in [-0.25, -0.2) is 9.78 Å². The number of hydrogen-bond acceptors (Lipinski definition) is 5. The number of halogens is 1. The summed E-state index contributed by atoms with van der Waals surface area (Å²) >= 11 is 3.48. The van der Waals surface area contributed by atoms with E-state index in [1.54, 1.807) is 11.1 Å². The number of aromatic nitrogens is 4. The number of fused-ring (bicyclic) bond motifs is 1. The largest absolute Gasteiger partial charge is 0.444 e. The molecule has 1 saturated heterocycles. The van der Waals surface area contributed by atoms with Crippen molar-refractivity contribution in [2.45, 2.75) is 45.8 Å². The van der Waals surface area contributed by atoms with E-state index in [1.165, 1.54) is 0 Å². The molecule has 0 N–H and O–H groups in total. The molecule has 4 rings (SSSR count). The van der Waals surface area contributed by atoms with E-state index in [0.29, 0.717) is 5.92 Å². The minimum atomic E-state index is -0.457. The van der Waals surface area contributed by atoms with Crippen molar-refractivity contribution in [2.75, 3.05) is 13.1 Å². The highest BCUT2D eigenvalue weighted by Crippen LogP contribution is 2.24. The minimum Gasteiger partial charge on any atom is -0.444 e. The highest BCUT2D eigenvalue weighted by Gasteiger charge is 2.27. The number of likely N-dealkylation sites (tertiary alicyclic amines) is 1. The molecule has 0 aliphatic carbocycles. The fourth-order valence-corrected chi connectivity index (χ4v) is 3.96. The van der Waals surface area contributed by atoms with Crippen LogP contribution in [0.3, 0.4) is 0 Å². The molecule has 0 atom stereocenters. The molecule has 30 heavy (non-hydrogen) atoms. The van der Waals surface area contributed by atoms with Crippen molar-refractivity contribution in [1.29, 1.82) is 0 Å². The van der Waals surface area contributed by atoms with Crippen molar-refractivity contribution in [1.82, 2.24) is 24.6 Å². The highest BCUT2D eigenvalue weighted by atomic mass is 79.9. The summed E-state index contributed by atoms with van der Waals surface area (Å²) in [4.78, 5) is 23.3. The van der Waals surface area contributed by atoms with Crippen molar-refractivity contribution in [3.8, 4) is 11.3 Å². The third-order valence-electron chi connectivity index (χ3n) is 5.14. The fraction of sp³-hybridized carbons (Fsp3) is 0.455. The van der Waals surface area contributed by atoms with Gasteiger partial charge in [0, 0.05) is 35.9 Å². The number of benzene rings is 1. The lowest BCUT2D eigenvalue weighted by molar-refractivity contribution is 0.0177. The summed E-state index contributed by atoms with van der Waals surface area (Å²) in [7, 11) is 0. The summed E-state index contributed by atoms with van der Waals surface area (Å²) in [5, 5.41) is 4.52. The van der Waals surface area contributed by atoms with Gasteiger partial charge in [0.05, 0.1) is 29.1 Å². The van der Waals surface area contributed by atoms with Crippen LogP contribution < -0.4 is 0 Å². The predicted octanol–water partition coefficient (Wildman–Crippen LogP) is 4.90.